The second-order valence-electron chi connectivity index (χ2n) is 7.15. The fourth-order valence-electron chi connectivity index (χ4n) is 2.89. The highest BCUT2D eigenvalue weighted by molar-refractivity contribution is 5.69. The average Bonchev–Trinajstić information content (AvgIpc) is 2.96. The lowest BCUT2D eigenvalue weighted by atomic mass is 10.1. The van der Waals surface area contributed by atoms with Crippen molar-refractivity contribution in [1.29, 1.82) is 0 Å². The first kappa shape index (κ1) is 16.6. The highest BCUT2D eigenvalue weighted by Crippen LogP contribution is 2.24. The second-order valence-corrected chi connectivity index (χ2v) is 7.15. The molecule has 0 aliphatic carbocycles. The van der Waals surface area contributed by atoms with E-state index in [0.717, 1.165) is 31.5 Å². The van der Waals surface area contributed by atoms with Gasteiger partial charge in [-0.25, -0.2) is 4.79 Å². The monoisotopic (exact) mass is 308 g/mol. The SMILES string of the molecule is CC(CC1CCCN1C(=O)OC(C)(C)C)Nc1cnn(C)c1. The number of amides is 1. The molecule has 2 heterocycles. The van der Waals surface area contributed by atoms with Gasteiger partial charge in [-0.2, -0.15) is 5.10 Å². The van der Waals surface area contributed by atoms with Crippen LogP contribution in [0.2, 0.25) is 0 Å². The molecule has 0 spiro atoms. The minimum atomic E-state index is -0.441. The molecule has 1 aliphatic rings. The molecule has 0 saturated carbocycles. The number of nitrogens with one attached hydrogen (secondary N) is 1. The van der Waals surface area contributed by atoms with Gasteiger partial charge in [0.1, 0.15) is 5.60 Å². The molecule has 0 radical (unpaired) electrons. The Labute approximate surface area is 132 Å². The minimum Gasteiger partial charge on any atom is -0.444 e. The van der Waals surface area contributed by atoms with Crippen molar-refractivity contribution in [2.24, 2.45) is 7.05 Å². The molecule has 1 fully saturated rings. The summed E-state index contributed by atoms with van der Waals surface area (Å²) in [5.74, 6) is 0. The number of likely N-dealkylation sites (tertiary alicyclic amines) is 1. The largest absolute Gasteiger partial charge is 0.444 e. The zero-order valence-corrected chi connectivity index (χ0v) is 14.3. The van der Waals surface area contributed by atoms with Crippen LogP contribution in [-0.4, -0.2) is 45.0 Å². The molecule has 2 unspecified atom stereocenters. The van der Waals surface area contributed by atoms with Crippen molar-refractivity contribution in [3.05, 3.63) is 12.4 Å². The van der Waals surface area contributed by atoms with Gasteiger partial charge in [-0.3, -0.25) is 4.68 Å². The third kappa shape index (κ3) is 4.64. The standard InChI is InChI=1S/C16H28N4O2/c1-12(18-13-10-17-19(5)11-13)9-14-7-6-8-20(14)15(21)22-16(2,3)4/h10-12,14,18H,6-9H2,1-5H3. The summed E-state index contributed by atoms with van der Waals surface area (Å²) in [4.78, 5) is 14.2. The summed E-state index contributed by atoms with van der Waals surface area (Å²) in [6.07, 6.45) is 6.58. The second kappa shape index (κ2) is 6.58. The van der Waals surface area contributed by atoms with Crippen molar-refractivity contribution in [2.75, 3.05) is 11.9 Å². The molecule has 6 nitrogen and oxygen atoms in total. The van der Waals surface area contributed by atoms with Crippen molar-refractivity contribution in [2.45, 2.75) is 64.6 Å². The number of ether oxygens (including phenoxy) is 1. The van der Waals surface area contributed by atoms with E-state index in [0.29, 0.717) is 0 Å². The molecular weight excluding hydrogens is 280 g/mol. The smallest absolute Gasteiger partial charge is 0.410 e. The van der Waals surface area contributed by atoms with E-state index < -0.39 is 5.60 Å². The number of anilines is 1. The van der Waals surface area contributed by atoms with Crippen LogP contribution in [0, 0.1) is 0 Å². The molecule has 0 bridgehead atoms. The highest BCUT2D eigenvalue weighted by atomic mass is 16.6. The Bertz CT molecular complexity index is 506. The van der Waals surface area contributed by atoms with Crippen LogP contribution in [0.25, 0.3) is 0 Å². The maximum absolute atomic E-state index is 12.3. The zero-order chi connectivity index (χ0) is 16.3. The number of rotatable bonds is 4. The predicted octanol–water partition coefficient (Wildman–Crippen LogP) is 3.01. The lowest BCUT2D eigenvalue weighted by Crippen LogP contribution is -2.41. The average molecular weight is 308 g/mol. The lowest BCUT2D eigenvalue weighted by molar-refractivity contribution is 0.0218. The molecule has 6 heteroatoms. The van der Waals surface area contributed by atoms with Gasteiger partial charge in [-0.05, 0) is 47.0 Å². The van der Waals surface area contributed by atoms with Gasteiger partial charge in [0.2, 0.25) is 0 Å². The molecule has 1 N–H and O–H groups in total. The molecule has 1 amide bonds. The van der Waals surface area contributed by atoms with E-state index in [9.17, 15) is 4.79 Å². The van der Waals surface area contributed by atoms with E-state index in [-0.39, 0.29) is 18.2 Å². The number of aryl methyl sites for hydroxylation is 1. The van der Waals surface area contributed by atoms with E-state index in [1.807, 2.05) is 45.1 Å². The third-order valence-electron chi connectivity index (χ3n) is 3.75. The van der Waals surface area contributed by atoms with Gasteiger partial charge in [-0.15, -0.1) is 0 Å². The molecule has 1 aromatic rings. The van der Waals surface area contributed by atoms with Crippen LogP contribution in [0.3, 0.4) is 0 Å². The number of hydrogen-bond donors (Lipinski definition) is 1. The molecule has 22 heavy (non-hydrogen) atoms. The van der Waals surface area contributed by atoms with Gasteiger partial charge in [0, 0.05) is 31.9 Å². The first-order chi connectivity index (χ1) is 10.2. The molecule has 2 atom stereocenters. The maximum Gasteiger partial charge on any atom is 0.410 e. The van der Waals surface area contributed by atoms with Gasteiger partial charge < -0.3 is 15.0 Å². The summed E-state index contributed by atoms with van der Waals surface area (Å²) < 4.78 is 7.28. The van der Waals surface area contributed by atoms with Crippen molar-refractivity contribution >= 4 is 11.8 Å². The van der Waals surface area contributed by atoms with Crippen molar-refractivity contribution < 1.29 is 9.53 Å². The van der Waals surface area contributed by atoms with Crippen LogP contribution in [0.15, 0.2) is 12.4 Å². The third-order valence-corrected chi connectivity index (χ3v) is 3.75. The molecular formula is C16H28N4O2. The lowest BCUT2D eigenvalue weighted by Gasteiger charge is -2.30. The van der Waals surface area contributed by atoms with Crippen LogP contribution in [-0.2, 0) is 11.8 Å². The molecule has 1 aliphatic heterocycles. The van der Waals surface area contributed by atoms with Crippen LogP contribution in [0.5, 0.6) is 0 Å². The normalized spacial score (nSPS) is 20.0. The van der Waals surface area contributed by atoms with Gasteiger partial charge in [0.25, 0.3) is 0 Å². The zero-order valence-electron chi connectivity index (χ0n) is 14.3. The molecule has 0 aromatic carbocycles. The van der Waals surface area contributed by atoms with Gasteiger partial charge >= 0.3 is 6.09 Å². The Kier molecular flexibility index (Phi) is 4.98. The summed E-state index contributed by atoms with van der Waals surface area (Å²) in [6.45, 7) is 8.64. The summed E-state index contributed by atoms with van der Waals surface area (Å²) in [7, 11) is 1.90. The maximum atomic E-state index is 12.3. The van der Waals surface area contributed by atoms with Crippen LogP contribution in [0.4, 0.5) is 10.5 Å². The fraction of sp³-hybridized carbons (Fsp3) is 0.750. The van der Waals surface area contributed by atoms with E-state index >= 15 is 0 Å². The van der Waals surface area contributed by atoms with Crippen LogP contribution < -0.4 is 5.32 Å². The Morgan fingerprint density at radius 2 is 2.27 bits per heavy atom. The number of carbonyl (C=O) groups excluding carboxylic acids is 1. The van der Waals surface area contributed by atoms with E-state index in [2.05, 4.69) is 17.3 Å². The fourth-order valence-corrected chi connectivity index (χ4v) is 2.89. The van der Waals surface area contributed by atoms with Gasteiger partial charge in [-0.1, -0.05) is 0 Å². The molecule has 2 rings (SSSR count). The summed E-state index contributed by atoms with van der Waals surface area (Å²) in [5, 5.41) is 7.59. The number of aromatic nitrogens is 2. The van der Waals surface area contributed by atoms with Gasteiger partial charge in [0.05, 0.1) is 11.9 Å². The number of carbonyl (C=O) groups is 1. The Hall–Kier alpha value is -1.72. The van der Waals surface area contributed by atoms with E-state index in [1.165, 1.54) is 0 Å². The summed E-state index contributed by atoms with van der Waals surface area (Å²) in [6, 6.07) is 0.520. The number of nitrogens with zero attached hydrogens (tertiary/aromatic N) is 3. The Morgan fingerprint density at radius 1 is 1.55 bits per heavy atom. The Balaban J connectivity index is 1.89. The van der Waals surface area contributed by atoms with Crippen LogP contribution in [0.1, 0.15) is 47.0 Å². The topological polar surface area (TPSA) is 59.4 Å². The first-order valence-electron chi connectivity index (χ1n) is 7.99. The van der Waals surface area contributed by atoms with Crippen LogP contribution >= 0.6 is 0 Å². The molecule has 1 saturated heterocycles. The quantitative estimate of drug-likeness (QED) is 0.929. The minimum absolute atomic E-state index is 0.191. The van der Waals surface area contributed by atoms with Gasteiger partial charge in [0.15, 0.2) is 0 Å². The summed E-state index contributed by atoms with van der Waals surface area (Å²) in [5.41, 5.74) is 0.570. The predicted molar refractivity (Wildman–Crippen MR) is 86.9 cm³/mol. The van der Waals surface area contributed by atoms with E-state index in [4.69, 9.17) is 4.74 Å². The Morgan fingerprint density at radius 3 is 2.86 bits per heavy atom. The van der Waals surface area contributed by atoms with Crippen molar-refractivity contribution in [3.8, 4) is 0 Å². The highest BCUT2D eigenvalue weighted by Gasteiger charge is 2.32. The molecule has 124 valence electrons. The number of hydrogen-bond acceptors (Lipinski definition) is 4. The summed E-state index contributed by atoms with van der Waals surface area (Å²) >= 11 is 0. The van der Waals surface area contributed by atoms with Crippen molar-refractivity contribution in [1.82, 2.24) is 14.7 Å². The van der Waals surface area contributed by atoms with Crippen molar-refractivity contribution in [3.63, 3.8) is 0 Å². The van der Waals surface area contributed by atoms with E-state index in [1.54, 1.807) is 4.68 Å². The molecule has 1 aromatic heterocycles. The first-order valence-corrected chi connectivity index (χ1v) is 7.99.